The van der Waals surface area contributed by atoms with E-state index in [0.717, 1.165) is 0 Å². The molecule has 6 nitrogen and oxygen atoms in total. The Kier molecular flexibility index (Phi) is 5.43. The molecule has 0 radical (unpaired) electrons. The molecule has 0 fully saturated rings. The van der Waals surface area contributed by atoms with Crippen LogP contribution < -0.4 is 15.9 Å². The number of esters is 1. The maximum absolute atomic E-state index is 12.6. The molecule has 0 bridgehead atoms. The first-order valence-corrected chi connectivity index (χ1v) is 11.0. The standard InChI is InChI=1S/C21H20NO5P/c1-26-21(23)17-28(27-22(24)25,18-11-5-2-6-12-18,19-13-7-3-8-14-19)20-15-9-4-10-16-20/h2-16H,17H2,1H3. The Morgan fingerprint density at radius 2 is 1.18 bits per heavy atom. The summed E-state index contributed by atoms with van der Waals surface area (Å²) in [4.78, 5) is 24.5. The zero-order valence-electron chi connectivity index (χ0n) is 15.3. The van der Waals surface area contributed by atoms with Crippen LogP contribution in [0.4, 0.5) is 0 Å². The van der Waals surface area contributed by atoms with E-state index in [1.807, 2.05) is 18.2 Å². The number of benzene rings is 3. The minimum absolute atomic E-state index is 0.291. The number of hydrogen-bond donors (Lipinski definition) is 0. The summed E-state index contributed by atoms with van der Waals surface area (Å²) in [5, 5.41) is 12.8. The molecule has 0 aliphatic heterocycles. The van der Waals surface area contributed by atoms with Crippen LogP contribution in [0.2, 0.25) is 0 Å². The molecular formula is C21H20NO5P. The van der Waals surface area contributed by atoms with E-state index in [1.54, 1.807) is 72.8 Å². The van der Waals surface area contributed by atoms with E-state index in [4.69, 9.17) is 9.36 Å². The third-order valence-corrected chi connectivity index (χ3v) is 10.3. The number of carbonyl (C=O) groups excluding carboxylic acids is 1. The second kappa shape index (κ2) is 7.79. The van der Waals surface area contributed by atoms with Crippen molar-refractivity contribution in [3.05, 3.63) is 101 Å². The fourth-order valence-corrected chi connectivity index (χ4v) is 8.69. The summed E-state index contributed by atoms with van der Waals surface area (Å²) in [5.41, 5.74) is 0. The van der Waals surface area contributed by atoms with Crippen molar-refractivity contribution in [3.8, 4) is 0 Å². The molecule has 0 saturated carbocycles. The first-order valence-electron chi connectivity index (χ1n) is 8.62. The van der Waals surface area contributed by atoms with Gasteiger partial charge in [-0.1, -0.05) is 0 Å². The zero-order valence-corrected chi connectivity index (χ0v) is 16.2. The average molecular weight is 397 g/mol. The number of hydrogen-bond acceptors (Lipinski definition) is 5. The first-order chi connectivity index (χ1) is 13.5. The van der Waals surface area contributed by atoms with E-state index in [9.17, 15) is 14.9 Å². The van der Waals surface area contributed by atoms with Crippen LogP contribution in [0.15, 0.2) is 91.0 Å². The number of methoxy groups -OCH3 is 1. The summed E-state index contributed by atoms with van der Waals surface area (Å²) < 4.78 is 10.7. The van der Waals surface area contributed by atoms with Crippen molar-refractivity contribution in [2.45, 2.75) is 0 Å². The fourth-order valence-electron chi connectivity index (χ4n) is 3.58. The molecule has 0 heterocycles. The molecule has 0 atom stereocenters. The van der Waals surface area contributed by atoms with Crippen molar-refractivity contribution in [3.63, 3.8) is 0 Å². The molecule has 144 valence electrons. The van der Waals surface area contributed by atoms with Gasteiger partial charge in [-0.3, -0.25) is 0 Å². The Balaban J connectivity index is 2.54. The number of ether oxygens (including phenoxy) is 1. The van der Waals surface area contributed by atoms with Crippen LogP contribution in [-0.4, -0.2) is 24.3 Å². The van der Waals surface area contributed by atoms with Gasteiger partial charge < -0.3 is 0 Å². The molecule has 3 aromatic carbocycles. The Bertz CT molecular complexity index is 864. The Hall–Kier alpha value is -3.24. The summed E-state index contributed by atoms with van der Waals surface area (Å²) in [6, 6.07) is 26.7. The third kappa shape index (κ3) is 3.12. The van der Waals surface area contributed by atoms with Crippen LogP contribution >= 0.6 is 6.83 Å². The van der Waals surface area contributed by atoms with Gasteiger partial charge in [-0.05, 0) is 0 Å². The van der Waals surface area contributed by atoms with Gasteiger partial charge in [0.15, 0.2) is 0 Å². The molecule has 0 N–H and O–H groups in total. The number of rotatable bonds is 7. The van der Waals surface area contributed by atoms with Crippen LogP contribution in [0.5, 0.6) is 0 Å². The van der Waals surface area contributed by atoms with Crippen LogP contribution in [0.25, 0.3) is 0 Å². The summed E-state index contributed by atoms with van der Waals surface area (Å²) in [7, 11) is 1.26. The molecule has 3 aromatic rings. The van der Waals surface area contributed by atoms with Crippen LogP contribution in [0, 0.1) is 10.1 Å². The van der Waals surface area contributed by atoms with Crippen molar-refractivity contribution < 1.29 is 19.2 Å². The van der Waals surface area contributed by atoms with Crippen LogP contribution in [-0.2, 0) is 14.2 Å². The molecule has 0 spiro atoms. The SMILES string of the molecule is COC(=O)CP(O[N+](=O)[O-])(c1ccccc1)(c1ccccc1)c1ccccc1. The third-order valence-electron chi connectivity index (χ3n) is 4.81. The Labute approximate surface area is 162 Å². The summed E-state index contributed by atoms with van der Waals surface area (Å²) in [6.07, 6.45) is -0.291. The minimum atomic E-state index is -4.31. The maximum atomic E-state index is 12.6. The van der Waals surface area contributed by atoms with Gasteiger partial charge >= 0.3 is 162 Å². The van der Waals surface area contributed by atoms with E-state index >= 15 is 0 Å². The van der Waals surface area contributed by atoms with Gasteiger partial charge in [-0.2, -0.15) is 0 Å². The topological polar surface area (TPSA) is 78.7 Å². The molecule has 0 aliphatic rings. The normalized spacial score (nSPS) is 12.4. The van der Waals surface area contributed by atoms with Crippen molar-refractivity contribution in [1.29, 1.82) is 0 Å². The Morgan fingerprint density at radius 3 is 1.46 bits per heavy atom. The molecule has 7 heteroatoms. The fraction of sp³-hybridized carbons (Fsp3) is 0.0952. The van der Waals surface area contributed by atoms with Crippen molar-refractivity contribution in [1.82, 2.24) is 0 Å². The monoisotopic (exact) mass is 397 g/mol. The molecular weight excluding hydrogens is 377 g/mol. The van der Waals surface area contributed by atoms with Crippen LogP contribution in [0.3, 0.4) is 0 Å². The predicted molar refractivity (Wildman–Crippen MR) is 110 cm³/mol. The Morgan fingerprint density at radius 1 is 0.821 bits per heavy atom. The van der Waals surface area contributed by atoms with E-state index in [1.165, 1.54) is 7.11 Å². The first kappa shape index (κ1) is 19.5. The molecule has 28 heavy (non-hydrogen) atoms. The average Bonchev–Trinajstić information content (AvgIpc) is 2.75. The van der Waals surface area contributed by atoms with Gasteiger partial charge in [0.1, 0.15) is 0 Å². The summed E-state index contributed by atoms with van der Waals surface area (Å²) in [5.74, 6) is -0.587. The van der Waals surface area contributed by atoms with Gasteiger partial charge in [0, 0.05) is 0 Å². The van der Waals surface area contributed by atoms with Gasteiger partial charge in [-0.15, -0.1) is 0 Å². The molecule has 0 aliphatic carbocycles. The number of carbonyl (C=O) groups is 1. The van der Waals surface area contributed by atoms with Gasteiger partial charge in [0.25, 0.3) is 0 Å². The second-order valence-corrected chi connectivity index (χ2v) is 10.7. The quantitative estimate of drug-likeness (QED) is 0.265. The van der Waals surface area contributed by atoms with Gasteiger partial charge in [0.05, 0.1) is 0 Å². The molecule has 0 unspecified atom stereocenters. The molecule has 0 saturated heterocycles. The van der Waals surface area contributed by atoms with Crippen molar-refractivity contribution in [2.75, 3.05) is 13.3 Å². The summed E-state index contributed by atoms with van der Waals surface area (Å²) >= 11 is 0. The molecule has 0 aromatic heterocycles. The van der Waals surface area contributed by atoms with Crippen molar-refractivity contribution >= 4 is 28.7 Å². The molecule has 3 rings (SSSR count). The van der Waals surface area contributed by atoms with Gasteiger partial charge in [-0.25, -0.2) is 0 Å². The van der Waals surface area contributed by atoms with E-state index in [-0.39, 0.29) is 6.16 Å². The van der Waals surface area contributed by atoms with E-state index in [2.05, 4.69) is 0 Å². The van der Waals surface area contributed by atoms with E-state index in [0.29, 0.717) is 15.9 Å². The van der Waals surface area contributed by atoms with Crippen LogP contribution in [0.1, 0.15) is 0 Å². The predicted octanol–water partition coefficient (Wildman–Crippen LogP) is 2.81. The number of nitrogens with zero attached hydrogens (tertiary/aromatic N) is 1. The second-order valence-electron chi connectivity index (χ2n) is 6.26. The zero-order chi connectivity index (χ0) is 20.1. The van der Waals surface area contributed by atoms with Gasteiger partial charge in [0.2, 0.25) is 0 Å². The van der Waals surface area contributed by atoms with Crippen molar-refractivity contribution in [2.24, 2.45) is 0 Å². The molecule has 0 amide bonds. The summed E-state index contributed by atoms with van der Waals surface area (Å²) in [6.45, 7) is -4.31. The van der Waals surface area contributed by atoms with E-state index < -0.39 is 17.9 Å².